The van der Waals surface area contributed by atoms with Crippen molar-refractivity contribution in [3.63, 3.8) is 0 Å². The summed E-state index contributed by atoms with van der Waals surface area (Å²) in [6.45, 7) is 9.15. The highest BCUT2D eigenvalue weighted by Crippen LogP contribution is 1.97. The smallest absolute Gasteiger partial charge is 0.212 e. The maximum absolute atomic E-state index is 11.5. The van der Waals surface area contributed by atoms with Gasteiger partial charge in [0.15, 0.2) is 0 Å². The predicted molar refractivity (Wildman–Crippen MR) is 77.3 cm³/mol. The van der Waals surface area contributed by atoms with E-state index in [9.17, 15) is 8.42 Å². The maximum Gasteiger partial charge on any atom is 0.212 e. The van der Waals surface area contributed by atoms with Gasteiger partial charge in [0.2, 0.25) is 10.0 Å². The monoisotopic (exact) mass is 279 g/mol. The van der Waals surface area contributed by atoms with Crippen molar-refractivity contribution in [3.8, 4) is 0 Å². The third-order valence-electron chi connectivity index (χ3n) is 2.94. The van der Waals surface area contributed by atoms with Crippen LogP contribution in [0.4, 0.5) is 0 Å². The number of nitrogens with zero attached hydrogens (tertiary/aromatic N) is 1. The van der Waals surface area contributed by atoms with Gasteiger partial charge in [-0.15, -0.1) is 0 Å². The zero-order valence-corrected chi connectivity index (χ0v) is 13.0. The van der Waals surface area contributed by atoms with Crippen LogP contribution in [0.1, 0.15) is 33.6 Å². The van der Waals surface area contributed by atoms with E-state index in [0.717, 1.165) is 25.9 Å². The highest BCUT2D eigenvalue weighted by Gasteiger charge is 2.08. The summed E-state index contributed by atoms with van der Waals surface area (Å²) in [5.41, 5.74) is 0. The Bertz CT molecular complexity index is 292. The molecule has 5 nitrogen and oxygen atoms in total. The molecular formula is C12H29N3O2S. The third-order valence-corrected chi connectivity index (χ3v) is 4.32. The Morgan fingerprint density at radius 3 is 2.39 bits per heavy atom. The lowest BCUT2D eigenvalue weighted by Crippen LogP contribution is -2.33. The molecule has 0 aliphatic heterocycles. The van der Waals surface area contributed by atoms with Gasteiger partial charge in [0.1, 0.15) is 0 Å². The first-order chi connectivity index (χ1) is 8.39. The minimum absolute atomic E-state index is 0.159. The second kappa shape index (κ2) is 9.72. The first kappa shape index (κ1) is 17.8. The number of hydrogen-bond donors (Lipinski definition) is 2. The first-order valence-corrected chi connectivity index (χ1v) is 8.42. The van der Waals surface area contributed by atoms with Gasteiger partial charge in [0, 0.05) is 19.1 Å². The molecule has 0 fully saturated rings. The predicted octanol–water partition coefficient (Wildman–Crippen LogP) is 0.636. The van der Waals surface area contributed by atoms with E-state index in [4.69, 9.17) is 0 Å². The zero-order chi connectivity index (χ0) is 14.0. The highest BCUT2D eigenvalue weighted by molar-refractivity contribution is 7.89. The lowest BCUT2D eigenvalue weighted by Gasteiger charge is -2.20. The molecule has 110 valence electrons. The molecule has 0 atom stereocenters. The minimum Gasteiger partial charge on any atom is -0.316 e. The third kappa shape index (κ3) is 9.82. The summed E-state index contributed by atoms with van der Waals surface area (Å²) in [6, 6.07) is 0.543. The van der Waals surface area contributed by atoms with Crippen LogP contribution >= 0.6 is 0 Å². The summed E-state index contributed by atoms with van der Waals surface area (Å²) < 4.78 is 25.7. The van der Waals surface area contributed by atoms with E-state index in [2.05, 4.69) is 35.8 Å². The lowest BCUT2D eigenvalue weighted by atomic mass is 10.2. The standard InChI is InChI=1S/C12H29N3O2S/c1-5-13-9-11-18(16,17)14-8-6-7-10-15(4)12(2)3/h12-14H,5-11H2,1-4H3. The van der Waals surface area contributed by atoms with Gasteiger partial charge in [-0.2, -0.15) is 0 Å². The maximum atomic E-state index is 11.5. The van der Waals surface area contributed by atoms with Gasteiger partial charge in [0.05, 0.1) is 5.75 Å². The molecule has 0 aromatic rings. The number of nitrogens with one attached hydrogen (secondary N) is 2. The fourth-order valence-electron chi connectivity index (χ4n) is 1.43. The molecule has 6 heteroatoms. The molecule has 0 rings (SSSR count). The van der Waals surface area contributed by atoms with Gasteiger partial charge in [0.25, 0.3) is 0 Å². The second-order valence-corrected chi connectivity index (χ2v) is 6.77. The Labute approximate surface area is 112 Å². The molecule has 0 amide bonds. The van der Waals surface area contributed by atoms with Crippen molar-refractivity contribution in [3.05, 3.63) is 0 Å². The zero-order valence-electron chi connectivity index (χ0n) is 12.2. The van der Waals surface area contributed by atoms with Crippen molar-refractivity contribution in [1.82, 2.24) is 14.9 Å². The van der Waals surface area contributed by atoms with Crippen molar-refractivity contribution >= 4 is 10.0 Å². The van der Waals surface area contributed by atoms with Crippen LogP contribution < -0.4 is 10.0 Å². The number of sulfonamides is 1. The van der Waals surface area contributed by atoms with Crippen LogP contribution in [-0.4, -0.2) is 58.3 Å². The van der Waals surface area contributed by atoms with Crippen LogP contribution in [0.3, 0.4) is 0 Å². The molecule has 0 unspecified atom stereocenters. The summed E-state index contributed by atoms with van der Waals surface area (Å²) in [4.78, 5) is 2.26. The lowest BCUT2D eigenvalue weighted by molar-refractivity contribution is 0.268. The molecule has 2 N–H and O–H groups in total. The largest absolute Gasteiger partial charge is 0.316 e. The van der Waals surface area contributed by atoms with Gasteiger partial charge < -0.3 is 10.2 Å². The van der Waals surface area contributed by atoms with Crippen molar-refractivity contribution in [2.45, 2.75) is 39.7 Å². The fourth-order valence-corrected chi connectivity index (χ4v) is 2.44. The molecule has 18 heavy (non-hydrogen) atoms. The first-order valence-electron chi connectivity index (χ1n) is 6.77. The molecule has 0 saturated heterocycles. The molecule has 0 aliphatic carbocycles. The second-order valence-electron chi connectivity index (χ2n) is 4.85. The van der Waals surface area contributed by atoms with Gasteiger partial charge in [-0.3, -0.25) is 0 Å². The van der Waals surface area contributed by atoms with Gasteiger partial charge >= 0.3 is 0 Å². The van der Waals surface area contributed by atoms with Gasteiger partial charge in [-0.1, -0.05) is 6.92 Å². The SMILES string of the molecule is CCNCCS(=O)(=O)NCCCCN(C)C(C)C. The average molecular weight is 279 g/mol. The van der Waals surface area contributed by atoms with Crippen LogP contribution in [0.15, 0.2) is 0 Å². The fraction of sp³-hybridized carbons (Fsp3) is 1.00. The van der Waals surface area contributed by atoms with Crippen LogP contribution in [0, 0.1) is 0 Å². The Morgan fingerprint density at radius 2 is 1.83 bits per heavy atom. The highest BCUT2D eigenvalue weighted by atomic mass is 32.2. The van der Waals surface area contributed by atoms with E-state index in [-0.39, 0.29) is 5.75 Å². The normalized spacial score (nSPS) is 12.6. The van der Waals surface area contributed by atoms with E-state index < -0.39 is 10.0 Å². The number of unbranched alkanes of at least 4 members (excludes halogenated alkanes) is 1. The van der Waals surface area contributed by atoms with E-state index in [1.807, 2.05) is 6.92 Å². The summed E-state index contributed by atoms with van der Waals surface area (Å²) in [5.74, 6) is 0.159. The molecule has 0 spiro atoms. The molecule has 0 radical (unpaired) electrons. The molecule has 0 aliphatic rings. The van der Waals surface area contributed by atoms with Crippen LogP contribution in [0.25, 0.3) is 0 Å². The van der Waals surface area contributed by atoms with Crippen molar-refractivity contribution < 1.29 is 8.42 Å². The molecule has 0 saturated carbocycles. The number of rotatable bonds is 11. The Balaban J connectivity index is 3.59. The summed E-state index contributed by atoms with van der Waals surface area (Å²) in [6.07, 6.45) is 1.90. The van der Waals surface area contributed by atoms with Crippen LogP contribution in [0.2, 0.25) is 0 Å². The molecule has 0 aromatic heterocycles. The van der Waals surface area contributed by atoms with E-state index in [1.54, 1.807) is 0 Å². The van der Waals surface area contributed by atoms with Crippen molar-refractivity contribution in [1.29, 1.82) is 0 Å². The van der Waals surface area contributed by atoms with Gasteiger partial charge in [-0.05, 0) is 46.8 Å². The van der Waals surface area contributed by atoms with E-state index in [1.165, 1.54) is 0 Å². The van der Waals surface area contributed by atoms with Crippen molar-refractivity contribution in [2.75, 3.05) is 39.0 Å². The molecule has 0 heterocycles. The topological polar surface area (TPSA) is 61.4 Å². The average Bonchev–Trinajstić information content (AvgIpc) is 2.28. The van der Waals surface area contributed by atoms with Crippen molar-refractivity contribution in [2.24, 2.45) is 0 Å². The summed E-state index contributed by atoms with van der Waals surface area (Å²) >= 11 is 0. The van der Waals surface area contributed by atoms with Gasteiger partial charge in [-0.25, -0.2) is 13.1 Å². The van der Waals surface area contributed by atoms with E-state index >= 15 is 0 Å². The molecular weight excluding hydrogens is 250 g/mol. The Kier molecular flexibility index (Phi) is 9.63. The minimum atomic E-state index is -3.10. The Hall–Kier alpha value is -0.170. The summed E-state index contributed by atoms with van der Waals surface area (Å²) in [7, 11) is -1.01. The van der Waals surface area contributed by atoms with Crippen LogP contribution in [-0.2, 0) is 10.0 Å². The molecule has 0 aromatic carbocycles. The quantitative estimate of drug-likeness (QED) is 0.545. The molecule has 0 bridgehead atoms. The summed E-state index contributed by atoms with van der Waals surface area (Å²) in [5, 5.41) is 3.01. The van der Waals surface area contributed by atoms with Crippen LogP contribution in [0.5, 0.6) is 0 Å². The van der Waals surface area contributed by atoms with E-state index in [0.29, 0.717) is 19.1 Å². The number of hydrogen-bond acceptors (Lipinski definition) is 4. The Morgan fingerprint density at radius 1 is 1.17 bits per heavy atom.